The first-order valence-corrected chi connectivity index (χ1v) is 9.32. The number of carbonyl (C=O) groups is 4. The third kappa shape index (κ3) is 5.87. The molecule has 148 valence electrons. The van der Waals surface area contributed by atoms with Gasteiger partial charge in [0.15, 0.2) is 0 Å². The Balaban J connectivity index is 2.73. The number of carboxylic acids is 1. The van der Waals surface area contributed by atoms with E-state index in [9.17, 15) is 19.2 Å². The monoisotopic (exact) mass is 388 g/mol. The van der Waals surface area contributed by atoms with Gasteiger partial charge in [0.1, 0.15) is 18.6 Å². The van der Waals surface area contributed by atoms with E-state index in [1.54, 1.807) is 0 Å². The van der Waals surface area contributed by atoms with Gasteiger partial charge >= 0.3 is 5.97 Å². The number of nitrogens with zero attached hydrogens (tertiary/aromatic N) is 1. The molecular formula is C16H28N4O5S. The third-order valence-corrected chi connectivity index (χ3v) is 4.98. The number of amides is 3. The van der Waals surface area contributed by atoms with Crippen molar-refractivity contribution < 1.29 is 24.3 Å². The van der Waals surface area contributed by atoms with Gasteiger partial charge in [0, 0.05) is 12.3 Å². The van der Waals surface area contributed by atoms with Gasteiger partial charge in [0.2, 0.25) is 17.7 Å². The molecule has 9 nitrogen and oxygen atoms in total. The Kier molecular flexibility index (Phi) is 8.86. The number of thiol groups is 1. The van der Waals surface area contributed by atoms with Crippen LogP contribution in [0.15, 0.2) is 0 Å². The lowest BCUT2D eigenvalue weighted by Gasteiger charge is -2.29. The smallest absolute Gasteiger partial charge is 0.322 e. The van der Waals surface area contributed by atoms with E-state index in [4.69, 9.17) is 10.8 Å². The lowest BCUT2D eigenvalue weighted by molar-refractivity contribution is -0.141. The predicted octanol–water partition coefficient (Wildman–Crippen LogP) is -1.03. The number of nitrogens with one attached hydrogen (secondary N) is 2. The van der Waals surface area contributed by atoms with Crippen molar-refractivity contribution in [2.75, 3.05) is 18.8 Å². The van der Waals surface area contributed by atoms with Crippen LogP contribution in [-0.2, 0) is 19.2 Å². The van der Waals surface area contributed by atoms with Crippen molar-refractivity contribution in [1.82, 2.24) is 15.5 Å². The highest BCUT2D eigenvalue weighted by Crippen LogP contribution is 2.20. The van der Waals surface area contributed by atoms with Crippen molar-refractivity contribution in [3.8, 4) is 0 Å². The lowest BCUT2D eigenvalue weighted by atomic mass is 9.98. The van der Waals surface area contributed by atoms with Gasteiger partial charge in [-0.05, 0) is 18.8 Å². The van der Waals surface area contributed by atoms with E-state index in [2.05, 4.69) is 23.3 Å². The number of carbonyl (C=O) groups excluding carboxylic acids is 3. The molecule has 0 aromatic rings. The summed E-state index contributed by atoms with van der Waals surface area (Å²) in [6, 6.07) is -2.34. The Morgan fingerprint density at radius 3 is 2.54 bits per heavy atom. The van der Waals surface area contributed by atoms with Crippen LogP contribution < -0.4 is 16.4 Å². The fraction of sp³-hybridized carbons (Fsp3) is 0.750. The standard InChI is InChI=1S/C16H28N4O5S/c1-3-9(2)13(17)16(25)20-6-4-5-11(20)15(24)19-10(8-26)14(23)18-7-12(21)22/h9-11,13,26H,3-8,17H2,1-2H3,(H,18,23)(H,19,24)(H,21,22). The molecule has 0 aromatic carbocycles. The zero-order valence-electron chi connectivity index (χ0n) is 15.1. The fourth-order valence-corrected chi connectivity index (χ4v) is 3.00. The van der Waals surface area contributed by atoms with E-state index in [1.165, 1.54) is 4.90 Å². The van der Waals surface area contributed by atoms with Crippen LogP contribution in [0.5, 0.6) is 0 Å². The van der Waals surface area contributed by atoms with E-state index in [-0.39, 0.29) is 17.6 Å². The molecule has 4 atom stereocenters. The van der Waals surface area contributed by atoms with Crippen LogP contribution in [0, 0.1) is 5.92 Å². The van der Waals surface area contributed by atoms with Crippen molar-refractivity contribution in [3.63, 3.8) is 0 Å². The van der Waals surface area contributed by atoms with Gasteiger partial charge in [-0.25, -0.2) is 0 Å². The molecule has 0 bridgehead atoms. The molecule has 10 heteroatoms. The van der Waals surface area contributed by atoms with Gasteiger partial charge in [-0.3, -0.25) is 19.2 Å². The topological polar surface area (TPSA) is 142 Å². The third-order valence-electron chi connectivity index (χ3n) is 4.61. The van der Waals surface area contributed by atoms with Crippen molar-refractivity contribution in [2.24, 2.45) is 11.7 Å². The van der Waals surface area contributed by atoms with Gasteiger partial charge < -0.3 is 26.4 Å². The number of hydrogen-bond acceptors (Lipinski definition) is 6. The van der Waals surface area contributed by atoms with E-state index in [0.717, 1.165) is 6.42 Å². The Morgan fingerprint density at radius 2 is 2.00 bits per heavy atom. The second-order valence-corrected chi connectivity index (χ2v) is 6.82. The molecule has 0 spiro atoms. The Labute approximate surface area is 158 Å². The number of hydrogen-bond donors (Lipinski definition) is 5. The predicted molar refractivity (Wildman–Crippen MR) is 98.6 cm³/mol. The van der Waals surface area contributed by atoms with Crippen LogP contribution in [0.25, 0.3) is 0 Å². The van der Waals surface area contributed by atoms with Crippen LogP contribution >= 0.6 is 12.6 Å². The normalized spacial score (nSPS) is 20.2. The molecule has 1 rings (SSSR count). The lowest BCUT2D eigenvalue weighted by Crippen LogP contribution is -2.56. The average molecular weight is 388 g/mol. The van der Waals surface area contributed by atoms with Gasteiger partial charge in [0.25, 0.3) is 0 Å². The van der Waals surface area contributed by atoms with Crippen LogP contribution in [0.2, 0.25) is 0 Å². The van der Waals surface area contributed by atoms with Crippen LogP contribution in [0.4, 0.5) is 0 Å². The second-order valence-electron chi connectivity index (χ2n) is 6.46. The molecule has 4 unspecified atom stereocenters. The van der Waals surface area contributed by atoms with Crippen LogP contribution in [0.3, 0.4) is 0 Å². The number of nitrogens with two attached hydrogens (primary N) is 1. The molecule has 5 N–H and O–H groups in total. The van der Waals surface area contributed by atoms with Gasteiger partial charge in [0.05, 0.1) is 6.04 Å². The summed E-state index contributed by atoms with van der Waals surface area (Å²) in [5.41, 5.74) is 6.00. The van der Waals surface area contributed by atoms with E-state index in [1.807, 2.05) is 13.8 Å². The molecule has 0 aliphatic carbocycles. The zero-order valence-corrected chi connectivity index (χ0v) is 16.0. The van der Waals surface area contributed by atoms with Gasteiger partial charge in [-0.1, -0.05) is 20.3 Å². The SMILES string of the molecule is CCC(C)C(N)C(=O)N1CCCC1C(=O)NC(CS)C(=O)NCC(=O)O. The Morgan fingerprint density at radius 1 is 1.35 bits per heavy atom. The molecule has 26 heavy (non-hydrogen) atoms. The zero-order chi connectivity index (χ0) is 19.9. The summed E-state index contributed by atoms with van der Waals surface area (Å²) >= 11 is 4.03. The minimum Gasteiger partial charge on any atom is -0.480 e. The molecule has 0 aromatic heterocycles. The van der Waals surface area contributed by atoms with E-state index in [0.29, 0.717) is 19.4 Å². The number of carboxylic acid groups (broad SMARTS) is 1. The summed E-state index contributed by atoms with van der Waals surface area (Å²) in [6.07, 6.45) is 1.91. The maximum atomic E-state index is 12.6. The first-order valence-electron chi connectivity index (χ1n) is 8.69. The first-order chi connectivity index (χ1) is 12.2. The Bertz CT molecular complexity index is 545. The Hall–Kier alpha value is -1.81. The molecule has 1 fully saturated rings. The molecule has 1 aliphatic rings. The van der Waals surface area contributed by atoms with Crippen LogP contribution in [-0.4, -0.2) is 70.7 Å². The molecular weight excluding hydrogens is 360 g/mol. The first kappa shape index (κ1) is 22.2. The second kappa shape index (κ2) is 10.4. The molecule has 0 saturated carbocycles. The van der Waals surface area contributed by atoms with Crippen LogP contribution in [0.1, 0.15) is 33.1 Å². The minimum absolute atomic E-state index is 0.00111. The highest BCUT2D eigenvalue weighted by Gasteiger charge is 2.38. The maximum absolute atomic E-state index is 12.6. The van der Waals surface area contributed by atoms with Gasteiger partial charge in [-0.2, -0.15) is 12.6 Å². The minimum atomic E-state index is -1.19. The summed E-state index contributed by atoms with van der Waals surface area (Å²) in [6.45, 7) is 3.73. The van der Waals surface area contributed by atoms with E-state index < -0.39 is 42.5 Å². The summed E-state index contributed by atoms with van der Waals surface area (Å²) in [4.78, 5) is 49.1. The van der Waals surface area contributed by atoms with Crippen molar-refractivity contribution in [1.29, 1.82) is 0 Å². The maximum Gasteiger partial charge on any atom is 0.322 e. The summed E-state index contributed by atoms with van der Waals surface area (Å²) < 4.78 is 0. The van der Waals surface area contributed by atoms with Crippen molar-refractivity contribution in [3.05, 3.63) is 0 Å². The summed E-state index contributed by atoms with van der Waals surface area (Å²) in [5, 5.41) is 13.4. The summed E-state index contributed by atoms with van der Waals surface area (Å²) in [7, 11) is 0. The van der Waals surface area contributed by atoms with Gasteiger partial charge in [-0.15, -0.1) is 0 Å². The fourth-order valence-electron chi connectivity index (χ4n) is 2.74. The summed E-state index contributed by atoms with van der Waals surface area (Å²) in [5.74, 6) is -2.55. The van der Waals surface area contributed by atoms with E-state index >= 15 is 0 Å². The molecule has 3 amide bonds. The molecule has 0 radical (unpaired) electrons. The largest absolute Gasteiger partial charge is 0.480 e. The molecule has 1 aliphatic heterocycles. The average Bonchev–Trinajstić information content (AvgIpc) is 3.11. The van der Waals surface area contributed by atoms with Crippen molar-refractivity contribution >= 4 is 36.3 Å². The molecule has 1 heterocycles. The number of likely N-dealkylation sites (tertiary alicyclic amines) is 1. The molecule has 1 saturated heterocycles. The highest BCUT2D eigenvalue weighted by molar-refractivity contribution is 7.80. The van der Waals surface area contributed by atoms with Crippen molar-refractivity contribution in [2.45, 2.75) is 51.2 Å². The number of rotatable bonds is 9. The highest BCUT2D eigenvalue weighted by atomic mass is 32.1. The quantitative estimate of drug-likeness (QED) is 0.320. The number of aliphatic carboxylic acids is 1.